The maximum Gasteiger partial charge on any atom is 0.272 e. The summed E-state index contributed by atoms with van der Waals surface area (Å²) in [6, 6.07) is 3.92. The Balaban J connectivity index is 2.11. The molecule has 0 spiro atoms. The van der Waals surface area contributed by atoms with E-state index < -0.39 is 0 Å². The van der Waals surface area contributed by atoms with Crippen molar-refractivity contribution in [2.45, 2.75) is 25.8 Å². The Morgan fingerprint density at radius 2 is 2.44 bits per heavy atom. The van der Waals surface area contributed by atoms with E-state index in [2.05, 4.69) is 26.2 Å². The zero-order valence-corrected chi connectivity index (χ0v) is 12.1. The maximum atomic E-state index is 12.4. The highest BCUT2D eigenvalue weighted by Gasteiger charge is 2.25. The van der Waals surface area contributed by atoms with Crippen molar-refractivity contribution in [1.29, 1.82) is 0 Å². The topological polar surface area (TPSA) is 45.2 Å². The van der Waals surface area contributed by atoms with Crippen LogP contribution in [0.15, 0.2) is 22.8 Å². The lowest BCUT2D eigenvalue weighted by Crippen LogP contribution is -2.48. The fourth-order valence-electron chi connectivity index (χ4n) is 2.32. The van der Waals surface area contributed by atoms with E-state index in [9.17, 15) is 4.79 Å². The maximum absolute atomic E-state index is 12.4. The Labute approximate surface area is 116 Å². The summed E-state index contributed by atoms with van der Waals surface area (Å²) >= 11 is 3.33. The second kappa shape index (κ2) is 6.29. The smallest absolute Gasteiger partial charge is 0.272 e. The minimum absolute atomic E-state index is 0.0266. The molecule has 0 aliphatic carbocycles. The summed E-state index contributed by atoms with van der Waals surface area (Å²) in [5.74, 6) is 0.0266. The van der Waals surface area contributed by atoms with Gasteiger partial charge in [0.1, 0.15) is 5.69 Å². The summed E-state index contributed by atoms with van der Waals surface area (Å²) in [5.41, 5.74) is 0.519. The Morgan fingerprint density at radius 1 is 1.61 bits per heavy atom. The van der Waals surface area contributed by atoms with Crippen molar-refractivity contribution in [2.24, 2.45) is 0 Å². The summed E-state index contributed by atoms with van der Waals surface area (Å²) in [5, 5.41) is 3.34. The second-order valence-electron chi connectivity index (χ2n) is 4.45. The molecule has 4 nitrogen and oxygen atoms in total. The third kappa shape index (κ3) is 3.09. The van der Waals surface area contributed by atoms with Gasteiger partial charge in [-0.1, -0.05) is 0 Å². The quantitative estimate of drug-likeness (QED) is 0.929. The van der Waals surface area contributed by atoms with E-state index in [1.54, 1.807) is 12.3 Å². The molecule has 5 heteroatoms. The average molecular weight is 312 g/mol. The zero-order chi connectivity index (χ0) is 13.0. The fraction of sp³-hybridized carbons (Fsp3) is 0.538. The van der Waals surface area contributed by atoms with Gasteiger partial charge in [-0.2, -0.15) is 0 Å². The van der Waals surface area contributed by atoms with Gasteiger partial charge in [-0.05, 0) is 54.4 Å². The molecule has 2 heterocycles. The lowest BCUT2D eigenvalue weighted by molar-refractivity contribution is 0.0656. The molecule has 1 saturated heterocycles. The number of rotatable bonds is 3. The normalized spacial score (nSPS) is 19.6. The lowest BCUT2D eigenvalue weighted by Gasteiger charge is -2.33. The van der Waals surface area contributed by atoms with Gasteiger partial charge in [0.15, 0.2) is 0 Å². The Kier molecular flexibility index (Phi) is 4.72. The van der Waals surface area contributed by atoms with E-state index in [0.29, 0.717) is 11.7 Å². The minimum atomic E-state index is 0.0266. The molecule has 1 aromatic rings. The van der Waals surface area contributed by atoms with Crippen molar-refractivity contribution >= 4 is 21.8 Å². The predicted octanol–water partition coefficient (Wildman–Crippen LogP) is 2.06. The van der Waals surface area contributed by atoms with Crippen molar-refractivity contribution in [1.82, 2.24) is 15.2 Å². The van der Waals surface area contributed by atoms with Crippen LogP contribution in [0.3, 0.4) is 0 Å². The number of halogens is 1. The molecular formula is C13H18BrN3O. The summed E-state index contributed by atoms with van der Waals surface area (Å²) < 4.78 is 0.890. The molecule has 98 valence electrons. The van der Waals surface area contributed by atoms with E-state index in [0.717, 1.165) is 36.9 Å². The minimum Gasteiger partial charge on any atom is -0.333 e. The number of pyridine rings is 1. The molecule has 2 rings (SSSR count). The van der Waals surface area contributed by atoms with Crippen LogP contribution in [-0.2, 0) is 0 Å². The molecule has 1 aromatic heterocycles. The van der Waals surface area contributed by atoms with Crippen molar-refractivity contribution in [3.8, 4) is 0 Å². The molecule has 18 heavy (non-hydrogen) atoms. The van der Waals surface area contributed by atoms with Crippen LogP contribution in [0.25, 0.3) is 0 Å². The largest absolute Gasteiger partial charge is 0.333 e. The Hall–Kier alpha value is -0.940. The third-order valence-electron chi connectivity index (χ3n) is 3.26. The van der Waals surface area contributed by atoms with Gasteiger partial charge in [-0.3, -0.25) is 4.79 Å². The molecule has 0 radical (unpaired) electrons. The standard InChI is InChI=1S/C13H18BrN3O/c1-2-17(11-4-3-7-15-9-11)13(18)12-6-5-10(14)8-16-12/h5-6,8,11,15H,2-4,7,9H2,1H3. The number of likely N-dealkylation sites (N-methyl/N-ethyl adjacent to an activating group) is 1. The van der Waals surface area contributed by atoms with Gasteiger partial charge in [0, 0.05) is 29.8 Å². The molecular weight excluding hydrogens is 294 g/mol. The monoisotopic (exact) mass is 311 g/mol. The predicted molar refractivity (Wildman–Crippen MR) is 74.5 cm³/mol. The first kappa shape index (κ1) is 13.5. The number of nitrogens with one attached hydrogen (secondary N) is 1. The van der Waals surface area contributed by atoms with E-state index in [1.165, 1.54) is 0 Å². The second-order valence-corrected chi connectivity index (χ2v) is 5.37. The highest BCUT2D eigenvalue weighted by molar-refractivity contribution is 9.10. The molecule has 1 amide bonds. The first-order valence-electron chi connectivity index (χ1n) is 6.35. The number of hydrogen-bond acceptors (Lipinski definition) is 3. The van der Waals surface area contributed by atoms with E-state index in [4.69, 9.17) is 0 Å². The van der Waals surface area contributed by atoms with Crippen LogP contribution < -0.4 is 5.32 Å². The first-order chi connectivity index (χ1) is 8.72. The molecule has 0 saturated carbocycles. The summed E-state index contributed by atoms with van der Waals surface area (Å²) in [6.07, 6.45) is 3.87. The number of hydrogen-bond donors (Lipinski definition) is 1. The zero-order valence-electron chi connectivity index (χ0n) is 10.5. The van der Waals surface area contributed by atoms with Crippen LogP contribution in [-0.4, -0.2) is 41.5 Å². The molecule has 1 fully saturated rings. The van der Waals surface area contributed by atoms with Crippen LogP contribution in [0.5, 0.6) is 0 Å². The average Bonchev–Trinajstić information content (AvgIpc) is 2.41. The van der Waals surface area contributed by atoms with Crippen LogP contribution in [0, 0.1) is 0 Å². The van der Waals surface area contributed by atoms with Crippen molar-refractivity contribution < 1.29 is 4.79 Å². The SMILES string of the molecule is CCN(C(=O)c1ccc(Br)cn1)C1CCCNC1. The van der Waals surface area contributed by atoms with Gasteiger partial charge in [-0.25, -0.2) is 4.98 Å². The van der Waals surface area contributed by atoms with Gasteiger partial charge in [0.2, 0.25) is 0 Å². The number of carbonyl (C=O) groups is 1. The summed E-state index contributed by atoms with van der Waals surface area (Å²) in [6.45, 7) is 4.68. The first-order valence-corrected chi connectivity index (χ1v) is 7.15. The van der Waals surface area contributed by atoms with Crippen LogP contribution in [0.2, 0.25) is 0 Å². The molecule has 1 aliphatic heterocycles. The number of amides is 1. The number of carbonyl (C=O) groups excluding carboxylic acids is 1. The van der Waals surface area contributed by atoms with E-state index in [1.807, 2.05) is 17.9 Å². The molecule has 0 bridgehead atoms. The lowest BCUT2D eigenvalue weighted by atomic mass is 10.1. The number of nitrogens with zero attached hydrogens (tertiary/aromatic N) is 2. The van der Waals surface area contributed by atoms with Gasteiger partial charge >= 0.3 is 0 Å². The van der Waals surface area contributed by atoms with E-state index >= 15 is 0 Å². The highest BCUT2D eigenvalue weighted by atomic mass is 79.9. The van der Waals surface area contributed by atoms with Gasteiger partial charge in [-0.15, -0.1) is 0 Å². The van der Waals surface area contributed by atoms with E-state index in [-0.39, 0.29) is 5.91 Å². The number of aromatic nitrogens is 1. The Bertz CT molecular complexity index is 401. The molecule has 1 unspecified atom stereocenters. The van der Waals surface area contributed by atoms with Gasteiger partial charge < -0.3 is 10.2 Å². The van der Waals surface area contributed by atoms with Crippen LogP contribution in [0.4, 0.5) is 0 Å². The van der Waals surface area contributed by atoms with Gasteiger partial charge in [0.25, 0.3) is 5.91 Å². The van der Waals surface area contributed by atoms with Crippen LogP contribution >= 0.6 is 15.9 Å². The molecule has 1 N–H and O–H groups in total. The summed E-state index contributed by atoms with van der Waals surface area (Å²) in [7, 11) is 0. The highest BCUT2D eigenvalue weighted by Crippen LogP contribution is 2.14. The van der Waals surface area contributed by atoms with Crippen LogP contribution in [0.1, 0.15) is 30.3 Å². The third-order valence-corrected chi connectivity index (χ3v) is 3.73. The molecule has 0 aromatic carbocycles. The number of piperidine rings is 1. The summed E-state index contributed by atoms with van der Waals surface area (Å²) in [4.78, 5) is 18.5. The molecule has 1 atom stereocenters. The van der Waals surface area contributed by atoms with Crippen molar-refractivity contribution in [3.63, 3.8) is 0 Å². The van der Waals surface area contributed by atoms with Crippen molar-refractivity contribution in [2.75, 3.05) is 19.6 Å². The fourth-order valence-corrected chi connectivity index (χ4v) is 2.55. The van der Waals surface area contributed by atoms with Gasteiger partial charge in [0.05, 0.1) is 0 Å². The Morgan fingerprint density at radius 3 is 3.00 bits per heavy atom. The molecule has 1 aliphatic rings. The van der Waals surface area contributed by atoms with Crippen molar-refractivity contribution in [3.05, 3.63) is 28.5 Å².